The van der Waals surface area contributed by atoms with Gasteiger partial charge in [-0.25, -0.2) is 0 Å². The quantitative estimate of drug-likeness (QED) is 0.830. The lowest BCUT2D eigenvalue weighted by atomic mass is 10.1. The predicted molar refractivity (Wildman–Crippen MR) is 70.6 cm³/mol. The third-order valence-corrected chi connectivity index (χ3v) is 3.31. The molecular formula is C14H21N3O. The minimum atomic E-state index is 0.222. The highest BCUT2D eigenvalue weighted by Crippen LogP contribution is 2.29. The molecule has 1 aromatic heterocycles. The van der Waals surface area contributed by atoms with E-state index < -0.39 is 0 Å². The van der Waals surface area contributed by atoms with E-state index in [1.165, 1.54) is 0 Å². The first-order chi connectivity index (χ1) is 8.70. The van der Waals surface area contributed by atoms with E-state index in [4.69, 9.17) is 5.73 Å². The van der Waals surface area contributed by atoms with E-state index in [-0.39, 0.29) is 11.8 Å². The standard InChI is InChI=1S/C14H21N3O/c1-11(8-15)7-14(18)17(13-4-5-13)10-12-3-2-6-16-9-12/h2-3,6,9,11,13H,4-5,7-8,10,15H2,1H3. The highest BCUT2D eigenvalue weighted by Gasteiger charge is 2.32. The number of carbonyl (C=O) groups excluding carboxylic acids is 1. The summed E-state index contributed by atoms with van der Waals surface area (Å²) in [6.45, 7) is 3.26. The zero-order valence-corrected chi connectivity index (χ0v) is 10.9. The van der Waals surface area contributed by atoms with Crippen molar-refractivity contribution in [3.63, 3.8) is 0 Å². The lowest BCUT2D eigenvalue weighted by Gasteiger charge is -2.23. The number of nitrogens with zero attached hydrogens (tertiary/aromatic N) is 2. The van der Waals surface area contributed by atoms with Crippen LogP contribution in [0.4, 0.5) is 0 Å². The highest BCUT2D eigenvalue weighted by atomic mass is 16.2. The van der Waals surface area contributed by atoms with E-state index in [0.29, 0.717) is 25.6 Å². The van der Waals surface area contributed by atoms with Crippen LogP contribution in [-0.4, -0.2) is 28.4 Å². The molecule has 18 heavy (non-hydrogen) atoms. The number of rotatable bonds is 6. The summed E-state index contributed by atoms with van der Waals surface area (Å²) >= 11 is 0. The number of aromatic nitrogens is 1. The van der Waals surface area contributed by atoms with E-state index >= 15 is 0 Å². The fourth-order valence-corrected chi connectivity index (χ4v) is 1.99. The predicted octanol–water partition coefficient (Wildman–Crippen LogP) is 1.56. The van der Waals surface area contributed by atoms with Gasteiger partial charge in [0.2, 0.25) is 5.91 Å². The topological polar surface area (TPSA) is 59.2 Å². The number of hydrogen-bond acceptors (Lipinski definition) is 3. The van der Waals surface area contributed by atoms with Crippen molar-refractivity contribution in [2.24, 2.45) is 11.7 Å². The first-order valence-electron chi connectivity index (χ1n) is 6.59. The van der Waals surface area contributed by atoms with Crippen LogP contribution in [0.2, 0.25) is 0 Å². The molecule has 98 valence electrons. The molecule has 1 unspecified atom stereocenters. The Morgan fingerprint density at radius 1 is 1.61 bits per heavy atom. The Bertz CT molecular complexity index is 389. The summed E-state index contributed by atoms with van der Waals surface area (Å²) in [7, 11) is 0. The normalized spacial score (nSPS) is 16.3. The molecule has 1 heterocycles. The third kappa shape index (κ3) is 3.53. The maximum atomic E-state index is 12.2. The van der Waals surface area contributed by atoms with Gasteiger partial charge in [0.15, 0.2) is 0 Å². The van der Waals surface area contributed by atoms with Gasteiger partial charge in [0.1, 0.15) is 0 Å². The van der Waals surface area contributed by atoms with Crippen LogP contribution in [0, 0.1) is 5.92 Å². The molecule has 1 aromatic rings. The van der Waals surface area contributed by atoms with Crippen LogP contribution < -0.4 is 5.73 Å². The van der Waals surface area contributed by atoms with Crippen molar-refractivity contribution in [2.75, 3.05) is 6.54 Å². The molecule has 0 bridgehead atoms. The molecular weight excluding hydrogens is 226 g/mol. The van der Waals surface area contributed by atoms with Crippen molar-refractivity contribution >= 4 is 5.91 Å². The zero-order chi connectivity index (χ0) is 13.0. The Morgan fingerprint density at radius 2 is 2.39 bits per heavy atom. The molecule has 1 saturated carbocycles. The van der Waals surface area contributed by atoms with Crippen LogP contribution in [0.3, 0.4) is 0 Å². The minimum absolute atomic E-state index is 0.222. The van der Waals surface area contributed by atoms with Gasteiger partial charge in [-0.2, -0.15) is 0 Å². The Morgan fingerprint density at radius 3 is 2.94 bits per heavy atom. The molecule has 0 radical (unpaired) electrons. The van der Waals surface area contributed by atoms with E-state index in [2.05, 4.69) is 4.98 Å². The van der Waals surface area contributed by atoms with E-state index in [0.717, 1.165) is 18.4 Å². The van der Waals surface area contributed by atoms with Gasteiger partial charge < -0.3 is 10.6 Å². The summed E-state index contributed by atoms with van der Waals surface area (Å²) in [5.41, 5.74) is 6.68. The molecule has 0 saturated heterocycles. The van der Waals surface area contributed by atoms with Gasteiger partial charge in [0.25, 0.3) is 0 Å². The average molecular weight is 247 g/mol. The van der Waals surface area contributed by atoms with Crippen molar-refractivity contribution in [3.05, 3.63) is 30.1 Å². The summed E-state index contributed by atoms with van der Waals surface area (Å²) in [6, 6.07) is 4.36. The smallest absolute Gasteiger partial charge is 0.223 e. The second-order valence-electron chi connectivity index (χ2n) is 5.16. The van der Waals surface area contributed by atoms with Gasteiger partial charge in [-0.15, -0.1) is 0 Å². The number of pyridine rings is 1. The summed E-state index contributed by atoms with van der Waals surface area (Å²) < 4.78 is 0. The fraction of sp³-hybridized carbons (Fsp3) is 0.571. The number of nitrogens with two attached hydrogens (primary N) is 1. The fourth-order valence-electron chi connectivity index (χ4n) is 1.99. The maximum Gasteiger partial charge on any atom is 0.223 e. The third-order valence-electron chi connectivity index (χ3n) is 3.31. The van der Waals surface area contributed by atoms with Crippen molar-refractivity contribution in [2.45, 2.75) is 38.8 Å². The van der Waals surface area contributed by atoms with E-state index in [1.807, 2.05) is 30.2 Å². The molecule has 0 spiro atoms. The Kier molecular flexibility index (Phi) is 4.31. The Hall–Kier alpha value is -1.42. The summed E-state index contributed by atoms with van der Waals surface area (Å²) in [6.07, 6.45) is 6.39. The molecule has 4 nitrogen and oxygen atoms in total. The molecule has 0 aliphatic heterocycles. The molecule has 2 N–H and O–H groups in total. The number of amides is 1. The molecule has 1 atom stereocenters. The Balaban J connectivity index is 1.98. The molecule has 2 rings (SSSR count). The van der Waals surface area contributed by atoms with Gasteiger partial charge in [0, 0.05) is 31.4 Å². The van der Waals surface area contributed by atoms with Crippen molar-refractivity contribution < 1.29 is 4.79 Å². The first kappa shape index (κ1) is 13.0. The minimum Gasteiger partial charge on any atom is -0.335 e. The van der Waals surface area contributed by atoms with Gasteiger partial charge in [-0.3, -0.25) is 9.78 Å². The highest BCUT2D eigenvalue weighted by molar-refractivity contribution is 5.77. The molecule has 4 heteroatoms. The zero-order valence-electron chi connectivity index (χ0n) is 10.9. The number of hydrogen-bond donors (Lipinski definition) is 1. The van der Waals surface area contributed by atoms with Crippen LogP contribution in [0.5, 0.6) is 0 Å². The largest absolute Gasteiger partial charge is 0.335 e. The van der Waals surface area contributed by atoms with E-state index in [9.17, 15) is 4.79 Å². The van der Waals surface area contributed by atoms with Crippen molar-refractivity contribution in [3.8, 4) is 0 Å². The SMILES string of the molecule is CC(CN)CC(=O)N(Cc1cccnc1)C1CC1. The Labute approximate surface area is 108 Å². The van der Waals surface area contributed by atoms with Crippen LogP contribution in [0.15, 0.2) is 24.5 Å². The lowest BCUT2D eigenvalue weighted by molar-refractivity contribution is -0.133. The van der Waals surface area contributed by atoms with Crippen molar-refractivity contribution in [1.82, 2.24) is 9.88 Å². The number of carbonyl (C=O) groups is 1. The lowest BCUT2D eigenvalue weighted by Crippen LogP contribution is -2.34. The van der Waals surface area contributed by atoms with Crippen LogP contribution in [0.25, 0.3) is 0 Å². The molecule has 1 aliphatic carbocycles. The monoisotopic (exact) mass is 247 g/mol. The van der Waals surface area contributed by atoms with Gasteiger partial charge >= 0.3 is 0 Å². The van der Waals surface area contributed by atoms with Gasteiger partial charge in [-0.05, 0) is 36.9 Å². The average Bonchev–Trinajstić information content (AvgIpc) is 3.21. The van der Waals surface area contributed by atoms with Crippen LogP contribution >= 0.6 is 0 Å². The summed E-state index contributed by atoms with van der Waals surface area (Å²) in [4.78, 5) is 18.3. The maximum absolute atomic E-state index is 12.2. The molecule has 1 aliphatic rings. The molecule has 1 amide bonds. The summed E-state index contributed by atoms with van der Waals surface area (Å²) in [5, 5.41) is 0. The summed E-state index contributed by atoms with van der Waals surface area (Å²) in [5.74, 6) is 0.479. The molecule has 0 aromatic carbocycles. The molecule has 1 fully saturated rings. The van der Waals surface area contributed by atoms with Crippen LogP contribution in [-0.2, 0) is 11.3 Å². The second kappa shape index (κ2) is 5.96. The van der Waals surface area contributed by atoms with Crippen LogP contribution in [0.1, 0.15) is 31.7 Å². The second-order valence-corrected chi connectivity index (χ2v) is 5.16. The van der Waals surface area contributed by atoms with Gasteiger partial charge in [-0.1, -0.05) is 13.0 Å². The van der Waals surface area contributed by atoms with Crippen molar-refractivity contribution in [1.29, 1.82) is 0 Å². The first-order valence-corrected chi connectivity index (χ1v) is 6.59. The van der Waals surface area contributed by atoms with Gasteiger partial charge in [0.05, 0.1) is 0 Å². The van der Waals surface area contributed by atoms with E-state index in [1.54, 1.807) is 6.20 Å².